The van der Waals surface area contributed by atoms with Crippen molar-refractivity contribution in [1.29, 1.82) is 0 Å². The lowest BCUT2D eigenvalue weighted by atomic mass is 9.57. The Balaban J connectivity index is 1.95. The molecule has 2 rings (SSSR count). The van der Waals surface area contributed by atoms with E-state index in [9.17, 15) is 8.78 Å². The highest BCUT2D eigenvalue weighted by atomic mass is 19.3. The third-order valence-electron chi connectivity index (χ3n) is 5.23. The van der Waals surface area contributed by atoms with Gasteiger partial charge < -0.3 is 5.32 Å². The number of alkyl halides is 2. The van der Waals surface area contributed by atoms with Gasteiger partial charge in [-0.25, -0.2) is 8.78 Å². The van der Waals surface area contributed by atoms with E-state index >= 15 is 0 Å². The molecule has 1 aliphatic heterocycles. The van der Waals surface area contributed by atoms with Crippen LogP contribution in [0, 0.1) is 0 Å². The van der Waals surface area contributed by atoms with Crippen LogP contribution in [0.15, 0.2) is 49.2 Å². The van der Waals surface area contributed by atoms with Gasteiger partial charge in [0.05, 0.1) is 6.42 Å². The summed E-state index contributed by atoms with van der Waals surface area (Å²) in [7, 11) is 2.17. The number of halogens is 2. The largest absolute Gasteiger partial charge is 0.394 e. The predicted octanol–water partition coefficient (Wildman–Crippen LogP) is 6.46. The van der Waals surface area contributed by atoms with Crippen LogP contribution >= 0.6 is 0 Å². The second kappa shape index (κ2) is 10.1. The van der Waals surface area contributed by atoms with Crippen molar-refractivity contribution < 1.29 is 8.78 Å². The minimum absolute atomic E-state index is 0.0447. The van der Waals surface area contributed by atoms with Crippen LogP contribution in [0.1, 0.15) is 69.1 Å². The quantitative estimate of drug-likeness (QED) is 0.341. The van der Waals surface area contributed by atoms with Crippen molar-refractivity contribution in [3.63, 3.8) is 0 Å². The third kappa shape index (κ3) is 6.96. The standard InChI is InChI=1S/C24H33BF2N/c1-6-9-17(2)10-7-11-18(3)21-13-8-12-20-14-23(25-16-22(20)21)28-19(4)15-24(5,26)27/h8,12-13,23,28H,2-4,6-7,9-11,14-16H2,1,5H3. The van der Waals surface area contributed by atoms with Crippen LogP contribution in [0.4, 0.5) is 8.78 Å². The molecule has 1 unspecified atom stereocenters. The molecule has 0 amide bonds. The van der Waals surface area contributed by atoms with E-state index in [2.05, 4.69) is 57.5 Å². The molecule has 1 atom stereocenters. The van der Waals surface area contributed by atoms with Crippen molar-refractivity contribution in [3.05, 3.63) is 65.9 Å². The molecule has 28 heavy (non-hydrogen) atoms. The molecule has 0 aliphatic carbocycles. The lowest BCUT2D eigenvalue weighted by molar-refractivity contribution is 0.0211. The van der Waals surface area contributed by atoms with E-state index in [-0.39, 0.29) is 12.4 Å². The van der Waals surface area contributed by atoms with Gasteiger partial charge in [0.1, 0.15) is 7.28 Å². The SMILES string of the molecule is C=C(CCC)CCCC(=C)c1cccc2c1C[B]C(NC(=C)CC(C)(F)F)C2. The maximum absolute atomic E-state index is 13.2. The first-order chi connectivity index (χ1) is 13.2. The molecule has 1 aliphatic rings. The zero-order chi connectivity index (χ0) is 20.7. The fourth-order valence-corrected chi connectivity index (χ4v) is 3.94. The normalized spacial score (nSPS) is 16.1. The summed E-state index contributed by atoms with van der Waals surface area (Å²) in [6.45, 7) is 15.3. The maximum Gasteiger partial charge on any atom is 0.250 e. The Labute approximate surface area is 170 Å². The maximum atomic E-state index is 13.2. The van der Waals surface area contributed by atoms with E-state index in [1.165, 1.54) is 27.8 Å². The summed E-state index contributed by atoms with van der Waals surface area (Å²) < 4.78 is 26.4. The molecule has 1 aromatic rings. The number of benzene rings is 1. The summed E-state index contributed by atoms with van der Waals surface area (Å²) in [5.74, 6) is -2.69. The average Bonchev–Trinajstić information content (AvgIpc) is 2.59. The van der Waals surface area contributed by atoms with Gasteiger partial charge in [-0.1, -0.05) is 63.2 Å². The summed E-state index contributed by atoms with van der Waals surface area (Å²) in [5, 5.41) is 3.16. The van der Waals surface area contributed by atoms with Crippen LogP contribution in [0.3, 0.4) is 0 Å². The molecule has 1 heterocycles. The van der Waals surface area contributed by atoms with Gasteiger partial charge >= 0.3 is 0 Å². The van der Waals surface area contributed by atoms with Crippen molar-refractivity contribution in [2.45, 2.75) is 77.0 Å². The van der Waals surface area contributed by atoms with Gasteiger partial charge in [0.25, 0.3) is 5.92 Å². The number of hydrogen-bond acceptors (Lipinski definition) is 1. The van der Waals surface area contributed by atoms with Crippen molar-refractivity contribution in [3.8, 4) is 0 Å². The van der Waals surface area contributed by atoms with E-state index in [0.29, 0.717) is 5.70 Å². The van der Waals surface area contributed by atoms with Gasteiger partial charge in [-0.05, 0) is 67.2 Å². The Kier molecular flexibility index (Phi) is 8.09. The van der Waals surface area contributed by atoms with Gasteiger partial charge in [-0.3, -0.25) is 0 Å². The Bertz CT molecular complexity index is 718. The summed E-state index contributed by atoms with van der Waals surface area (Å²) in [6.07, 6.45) is 6.65. The Morgan fingerprint density at radius 2 is 1.96 bits per heavy atom. The van der Waals surface area contributed by atoms with Gasteiger partial charge in [0.2, 0.25) is 0 Å². The van der Waals surface area contributed by atoms with Gasteiger partial charge in [0, 0.05) is 5.70 Å². The molecule has 0 saturated carbocycles. The van der Waals surface area contributed by atoms with E-state index in [1.807, 2.05) is 0 Å². The Hall–Kier alpha value is -1.84. The van der Waals surface area contributed by atoms with Crippen LogP contribution < -0.4 is 5.32 Å². The molecule has 0 bridgehead atoms. The molecule has 151 valence electrons. The van der Waals surface area contributed by atoms with Crippen LogP contribution in [-0.4, -0.2) is 19.1 Å². The fraction of sp³-hybridized carbons (Fsp3) is 0.500. The second-order valence-electron chi connectivity index (χ2n) is 8.15. The van der Waals surface area contributed by atoms with E-state index in [0.717, 1.165) is 51.8 Å². The minimum atomic E-state index is -2.73. The van der Waals surface area contributed by atoms with E-state index < -0.39 is 5.92 Å². The van der Waals surface area contributed by atoms with E-state index in [1.54, 1.807) is 0 Å². The van der Waals surface area contributed by atoms with Crippen molar-refractivity contribution in [2.24, 2.45) is 0 Å². The molecule has 0 saturated heterocycles. The lowest BCUT2D eigenvalue weighted by Crippen LogP contribution is -2.41. The van der Waals surface area contributed by atoms with Gasteiger partial charge in [-0.15, -0.1) is 0 Å². The fourth-order valence-electron chi connectivity index (χ4n) is 3.94. The summed E-state index contributed by atoms with van der Waals surface area (Å²) in [6, 6.07) is 6.36. The summed E-state index contributed by atoms with van der Waals surface area (Å²) in [5.41, 5.74) is 6.73. The molecule has 0 aromatic heterocycles. The van der Waals surface area contributed by atoms with Crippen molar-refractivity contribution in [1.82, 2.24) is 5.32 Å². The monoisotopic (exact) mass is 384 g/mol. The van der Waals surface area contributed by atoms with Gasteiger partial charge in [0.15, 0.2) is 0 Å². The number of fused-ring (bicyclic) bond motifs is 1. The van der Waals surface area contributed by atoms with Crippen LogP contribution in [-0.2, 0) is 12.7 Å². The zero-order valence-electron chi connectivity index (χ0n) is 17.4. The van der Waals surface area contributed by atoms with Crippen LogP contribution in [0.2, 0.25) is 0 Å². The minimum Gasteiger partial charge on any atom is -0.394 e. The van der Waals surface area contributed by atoms with Crippen LogP contribution in [0.25, 0.3) is 5.57 Å². The molecule has 0 fully saturated rings. The number of hydrogen-bond donors (Lipinski definition) is 1. The molecule has 0 spiro atoms. The third-order valence-corrected chi connectivity index (χ3v) is 5.23. The Morgan fingerprint density at radius 3 is 2.64 bits per heavy atom. The average molecular weight is 384 g/mol. The molecule has 1 radical (unpaired) electrons. The van der Waals surface area contributed by atoms with Crippen LogP contribution in [0.5, 0.6) is 0 Å². The second-order valence-corrected chi connectivity index (χ2v) is 8.15. The number of nitrogens with one attached hydrogen (secondary N) is 1. The summed E-state index contributed by atoms with van der Waals surface area (Å²) in [4.78, 5) is 0. The zero-order valence-corrected chi connectivity index (χ0v) is 17.4. The molecule has 1 nitrogen and oxygen atoms in total. The smallest absolute Gasteiger partial charge is 0.250 e. The molecule has 1 aromatic carbocycles. The molecular formula is C24H33BF2N. The van der Waals surface area contributed by atoms with Gasteiger partial charge in [-0.2, -0.15) is 0 Å². The first-order valence-electron chi connectivity index (χ1n) is 10.3. The van der Waals surface area contributed by atoms with Crippen molar-refractivity contribution >= 4 is 12.9 Å². The predicted molar refractivity (Wildman–Crippen MR) is 118 cm³/mol. The molecule has 4 heteroatoms. The molecular weight excluding hydrogens is 351 g/mol. The molecule has 1 N–H and O–H groups in total. The van der Waals surface area contributed by atoms with E-state index in [4.69, 9.17) is 0 Å². The summed E-state index contributed by atoms with van der Waals surface area (Å²) >= 11 is 0. The van der Waals surface area contributed by atoms with Crippen molar-refractivity contribution in [2.75, 3.05) is 0 Å². The highest BCUT2D eigenvalue weighted by Crippen LogP contribution is 2.30. The number of allylic oxidation sites excluding steroid dienone is 3. The topological polar surface area (TPSA) is 12.0 Å². The lowest BCUT2D eigenvalue weighted by Gasteiger charge is -2.29. The Morgan fingerprint density at radius 1 is 1.21 bits per heavy atom. The first-order valence-corrected chi connectivity index (χ1v) is 10.3. The number of rotatable bonds is 11. The first kappa shape index (κ1) is 22.5. The highest BCUT2D eigenvalue weighted by molar-refractivity contribution is 6.38. The highest BCUT2D eigenvalue weighted by Gasteiger charge is 2.26.